The summed E-state index contributed by atoms with van der Waals surface area (Å²) in [6, 6.07) is 36.3. The number of carbonyl (C=O) groups excluding carboxylic acids is 3. The van der Waals surface area contributed by atoms with Crippen LogP contribution in [0, 0.1) is 23.3 Å². The van der Waals surface area contributed by atoms with Crippen LogP contribution in [-0.4, -0.2) is 45.3 Å². The fraction of sp³-hybridized carbons (Fsp3) is 0.0217. The smallest absolute Gasteiger partial charge is 0.740 e. The molecule has 0 aromatic heterocycles. The maximum atomic E-state index is 13.4. The summed E-state index contributed by atoms with van der Waals surface area (Å²) in [4.78, 5) is 36.6. The molecule has 0 radical (unpaired) electrons. The number of ketones is 2. The van der Waals surface area contributed by atoms with Gasteiger partial charge in [-0.1, -0.05) is 42.5 Å². The predicted octanol–water partition coefficient (Wildman–Crippen LogP) is 2.31. The summed E-state index contributed by atoms with van der Waals surface area (Å²) in [7, 11) is 0. The minimum atomic E-state index is -3.05. The van der Waals surface area contributed by atoms with Gasteiger partial charge in [-0.3, -0.25) is 9.59 Å². The first kappa shape index (κ1) is 53.1. The van der Waals surface area contributed by atoms with Gasteiger partial charge in [0.1, 0.15) is 45.9 Å². The van der Waals surface area contributed by atoms with Crippen molar-refractivity contribution in [3.05, 3.63) is 226 Å². The summed E-state index contributed by atoms with van der Waals surface area (Å²) in [6.07, 6.45) is 0. The van der Waals surface area contributed by atoms with Crippen molar-refractivity contribution in [3.63, 3.8) is 0 Å². The molecule has 0 aliphatic carbocycles. The van der Waals surface area contributed by atoms with Crippen molar-refractivity contribution >= 4 is 40.3 Å². The number of halogens is 4. The van der Waals surface area contributed by atoms with Gasteiger partial charge in [0, 0.05) is 38.9 Å². The Balaban J connectivity index is 0.000000218. The Bertz CT molecular complexity index is 2760. The molecule has 2 N–H and O–H groups in total. The Morgan fingerprint density at radius 3 is 1.33 bits per heavy atom. The third-order valence-corrected chi connectivity index (χ3v) is 9.82. The molecule has 1 aliphatic rings. The SMILES string of the molecule is O=C(c1ccc(F)c(OS(=O)[O-])c1)c1ccc(F)c(OS(=O)[O-])c1.O=C(c1ccc(F)cc1)c1ccc(F)cc1.O=C1OC(c2cccc(O)c2)(c2cccc(O)c2)c2ccccc21.[Na+].[Na+]. The van der Waals surface area contributed by atoms with Crippen molar-refractivity contribution in [2.45, 2.75) is 5.60 Å². The van der Waals surface area contributed by atoms with E-state index in [9.17, 15) is 59.7 Å². The molecule has 12 nitrogen and oxygen atoms in total. The number of cyclic esters (lactones) is 1. The predicted molar refractivity (Wildman–Crippen MR) is 220 cm³/mol. The topological polar surface area (TPSA) is 200 Å². The number of phenolic OH excluding ortho intramolecular Hbond substituents is 2. The van der Waals surface area contributed by atoms with E-state index in [-0.39, 0.29) is 87.5 Å². The fourth-order valence-corrected chi connectivity index (χ4v) is 6.91. The van der Waals surface area contributed by atoms with E-state index < -0.39 is 74.8 Å². The van der Waals surface area contributed by atoms with Crippen molar-refractivity contribution in [2.24, 2.45) is 0 Å². The van der Waals surface area contributed by atoms with Gasteiger partial charge in [0.25, 0.3) is 0 Å². The van der Waals surface area contributed by atoms with Gasteiger partial charge in [-0.2, -0.15) is 0 Å². The molecule has 0 bridgehead atoms. The molecule has 0 spiro atoms. The molecule has 0 amide bonds. The molecule has 0 saturated carbocycles. The van der Waals surface area contributed by atoms with Crippen LogP contribution in [0.3, 0.4) is 0 Å². The average molecular weight is 959 g/mol. The van der Waals surface area contributed by atoms with Crippen molar-refractivity contribution in [3.8, 4) is 23.0 Å². The standard InChI is InChI=1S/C20H14O4.C13H8F2O7S2.C13H8F2O.2Na/c21-15-7-3-5-13(11-15)20(14-6-4-8-16(22)12-14)18-10-2-1-9-17(18)19(23)24-20;14-9-3-1-7(5-11(9)21-23(17)18)13(16)8-2-4-10(15)12(6-8)22-24(19)20;14-11-5-1-9(2-6-11)13(16)10-3-7-12(15)8-4-10;;/h1-12,21-22H;1-6H,(H,17,18)(H,19,20);1-8H;;/q;;;2*+1/p-2. The molecule has 1 heterocycles. The van der Waals surface area contributed by atoms with Gasteiger partial charge in [-0.25, -0.2) is 30.8 Å². The van der Waals surface area contributed by atoms with Crippen LogP contribution < -0.4 is 67.5 Å². The van der Waals surface area contributed by atoms with Gasteiger partial charge in [0.15, 0.2) is 40.3 Å². The van der Waals surface area contributed by atoms with Crippen molar-refractivity contribution in [1.29, 1.82) is 0 Å². The third kappa shape index (κ3) is 12.9. The van der Waals surface area contributed by atoms with Crippen molar-refractivity contribution in [1.82, 2.24) is 0 Å². The normalized spacial score (nSPS) is 12.7. The maximum Gasteiger partial charge on any atom is 1.00 e. The zero-order valence-corrected chi connectivity index (χ0v) is 39.9. The van der Waals surface area contributed by atoms with Crippen LogP contribution in [0.5, 0.6) is 23.0 Å². The van der Waals surface area contributed by atoms with Gasteiger partial charge in [0.2, 0.25) is 0 Å². The number of hydrogen-bond acceptors (Lipinski definition) is 12. The zero-order valence-electron chi connectivity index (χ0n) is 34.3. The number of carbonyl (C=O) groups is 3. The second-order valence-electron chi connectivity index (χ2n) is 13.3. The van der Waals surface area contributed by atoms with Crippen LogP contribution in [0.4, 0.5) is 17.6 Å². The molecule has 326 valence electrons. The Hall–Kier alpha value is -5.51. The summed E-state index contributed by atoms with van der Waals surface area (Å²) in [5.41, 5.74) is 1.62. The van der Waals surface area contributed by atoms with Crippen molar-refractivity contribution in [2.75, 3.05) is 0 Å². The molecule has 66 heavy (non-hydrogen) atoms. The molecule has 0 saturated heterocycles. The molecule has 7 aromatic carbocycles. The summed E-state index contributed by atoms with van der Waals surface area (Å²) in [5, 5.41) is 19.8. The first-order valence-electron chi connectivity index (χ1n) is 18.2. The maximum absolute atomic E-state index is 13.4. The van der Waals surface area contributed by atoms with E-state index in [1.807, 2.05) is 12.1 Å². The Kier molecular flexibility index (Phi) is 19.1. The number of rotatable bonds is 10. The largest absolute Gasteiger partial charge is 1.00 e. The number of benzene rings is 7. The number of fused-ring (bicyclic) bond motifs is 1. The van der Waals surface area contributed by atoms with Gasteiger partial charge in [0.05, 0.1) is 5.56 Å². The molecule has 0 fully saturated rings. The van der Waals surface area contributed by atoms with Crippen LogP contribution >= 0.6 is 0 Å². The second-order valence-corrected chi connectivity index (χ2v) is 14.4. The van der Waals surface area contributed by atoms with E-state index in [4.69, 9.17) is 4.74 Å². The first-order valence-corrected chi connectivity index (χ1v) is 20.2. The van der Waals surface area contributed by atoms with Crippen molar-refractivity contribution < 1.29 is 132 Å². The van der Waals surface area contributed by atoms with E-state index in [0.717, 1.165) is 36.4 Å². The molecule has 2 atom stereocenters. The van der Waals surface area contributed by atoms with E-state index >= 15 is 0 Å². The van der Waals surface area contributed by atoms with Gasteiger partial charge < -0.3 is 32.4 Å². The van der Waals surface area contributed by atoms with E-state index in [1.54, 1.807) is 60.7 Å². The van der Waals surface area contributed by atoms with Crippen LogP contribution in [0.15, 0.2) is 158 Å². The van der Waals surface area contributed by atoms with E-state index in [1.165, 1.54) is 48.5 Å². The molecule has 7 aromatic rings. The summed E-state index contributed by atoms with van der Waals surface area (Å²) in [5.74, 6) is -5.51. The average Bonchev–Trinajstić information content (AvgIpc) is 3.58. The first-order chi connectivity index (χ1) is 30.5. The fourth-order valence-electron chi connectivity index (χ4n) is 6.36. The molecular weight excluding hydrogens is 931 g/mol. The minimum absolute atomic E-state index is 0. The van der Waals surface area contributed by atoms with Crippen LogP contribution in [-0.2, 0) is 33.1 Å². The molecule has 20 heteroatoms. The zero-order chi connectivity index (χ0) is 46.1. The Morgan fingerprint density at radius 1 is 0.530 bits per heavy atom. The minimum Gasteiger partial charge on any atom is -0.740 e. The summed E-state index contributed by atoms with van der Waals surface area (Å²) >= 11 is -6.09. The summed E-state index contributed by atoms with van der Waals surface area (Å²) < 4.78 is 108. The Morgan fingerprint density at radius 2 is 0.924 bits per heavy atom. The van der Waals surface area contributed by atoms with Gasteiger partial charge in [-0.05, 0) is 115 Å². The van der Waals surface area contributed by atoms with Gasteiger partial charge in [-0.15, -0.1) is 0 Å². The van der Waals surface area contributed by atoms with Crippen LogP contribution in [0.1, 0.15) is 58.9 Å². The molecule has 1 aliphatic heterocycles. The third-order valence-electron chi connectivity index (χ3n) is 9.19. The summed E-state index contributed by atoms with van der Waals surface area (Å²) in [6.45, 7) is 0. The molecule has 2 unspecified atom stereocenters. The Labute approximate surface area is 422 Å². The molecule has 8 rings (SSSR count). The molecular formula is C46H28F4Na2O12S2. The number of phenols is 2. The quantitative estimate of drug-likeness (QED) is 0.0668. The van der Waals surface area contributed by atoms with Gasteiger partial charge >= 0.3 is 65.1 Å². The number of esters is 1. The monoisotopic (exact) mass is 958 g/mol. The number of hydrogen-bond donors (Lipinski definition) is 2. The number of aromatic hydroxyl groups is 2. The van der Waals surface area contributed by atoms with Crippen LogP contribution in [0.25, 0.3) is 0 Å². The van der Waals surface area contributed by atoms with Crippen LogP contribution in [0.2, 0.25) is 0 Å². The number of ether oxygens (including phenoxy) is 1. The van der Waals surface area contributed by atoms with E-state index in [0.29, 0.717) is 33.4 Å². The van der Waals surface area contributed by atoms with E-state index in [2.05, 4.69) is 8.37 Å². The second kappa shape index (κ2) is 23.8.